The zero-order chi connectivity index (χ0) is 14.0. The van der Waals surface area contributed by atoms with Crippen molar-refractivity contribution in [1.29, 1.82) is 0 Å². The summed E-state index contributed by atoms with van der Waals surface area (Å²) >= 11 is 0. The number of esters is 1. The van der Waals surface area contributed by atoms with Crippen LogP contribution in [0.4, 0.5) is 18.9 Å². The molecule has 4 nitrogen and oxygen atoms in total. The molecule has 0 fully saturated rings. The number of halogens is 3. The highest BCUT2D eigenvalue weighted by atomic mass is 19.4. The van der Waals surface area contributed by atoms with E-state index in [2.05, 4.69) is 9.84 Å². The van der Waals surface area contributed by atoms with Gasteiger partial charge in [-0.15, -0.1) is 0 Å². The Kier molecular flexibility index (Phi) is 3.46. The summed E-state index contributed by atoms with van der Waals surface area (Å²) in [6.45, 7) is 0. The molecule has 1 aliphatic heterocycles. The molecule has 0 amide bonds. The second-order valence-corrected chi connectivity index (χ2v) is 3.96. The lowest BCUT2D eigenvalue weighted by atomic mass is 10.1. The van der Waals surface area contributed by atoms with Crippen LogP contribution in [0.5, 0.6) is 0 Å². The van der Waals surface area contributed by atoms with Gasteiger partial charge in [-0.1, -0.05) is 0 Å². The molecule has 0 radical (unpaired) electrons. The maximum Gasteiger partial charge on any atom is 0.416 e. The molecule has 1 aromatic carbocycles. The molecule has 7 heteroatoms. The minimum absolute atomic E-state index is 0.369. The van der Waals surface area contributed by atoms with E-state index in [1.165, 1.54) is 30.5 Å². The number of hydrogen-bond acceptors (Lipinski definition) is 4. The van der Waals surface area contributed by atoms with Crippen molar-refractivity contribution >= 4 is 17.9 Å². The highest BCUT2D eigenvalue weighted by Crippen LogP contribution is 2.31. The fraction of sp³-hybridized carbons (Fsp3) is 0.333. The number of alkyl halides is 3. The third kappa shape index (κ3) is 2.69. The lowest BCUT2D eigenvalue weighted by Crippen LogP contribution is -2.35. The van der Waals surface area contributed by atoms with Crippen molar-refractivity contribution in [1.82, 2.24) is 0 Å². The number of hydrazone groups is 1. The number of benzene rings is 1. The van der Waals surface area contributed by atoms with Crippen LogP contribution in [0.15, 0.2) is 29.4 Å². The molecule has 0 spiro atoms. The van der Waals surface area contributed by atoms with Crippen LogP contribution in [0.2, 0.25) is 0 Å². The van der Waals surface area contributed by atoms with Crippen molar-refractivity contribution in [2.45, 2.75) is 18.6 Å². The first kappa shape index (κ1) is 13.4. The number of anilines is 1. The number of nitrogens with zero attached hydrogens (tertiary/aromatic N) is 2. The van der Waals surface area contributed by atoms with Gasteiger partial charge in [0.25, 0.3) is 0 Å². The van der Waals surface area contributed by atoms with Crippen LogP contribution in [0.3, 0.4) is 0 Å². The molecule has 1 aliphatic rings. The van der Waals surface area contributed by atoms with E-state index in [9.17, 15) is 18.0 Å². The molecule has 1 atom stereocenters. The monoisotopic (exact) mass is 272 g/mol. The first-order valence-electron chi connectivity index (χ1n) is 5.50. The average Bonchev–Trinajstić information content (AvgIpc) is 2.86. The minimum atomic E-state index is -4.38. The van der Waals surface area contributed by atoms with E-state index in [0.717, 1.165) is 12.1 Å². The van der Waals surface area contributed by atoms with Gasteiger partial charge in [0.2, 0.25) is 0 Å². The Bertz CT molecular complexity index is 497. The van der Waals surface area contributed by atoms with E-state index in [4.69, 9.17) is 0 Å². The minimum Gasteiger partial charge on any atom is -0.467 e. The van der Waals surface area contributed by atoms with Crippen LogP contribution in [0, 0.1) is 0 Å². The number of carbonyl (C=O) groups excluding carboxylic acids is 1. The second kappa shape index (κ2) is 4.91. The predicted molar refractivity (Wildman–Crippen MR) is 62.8 cm³/mol. The van der Waals surface area contributed by atoms with Crippen molar-refractivity contribution in [2.24, 2.45) is 5.10 Å². The molecule has 0 bridgehead atoms. The summed E-state index contributed by atoms with van der Waals surface area (Å²) in [5.41, 5.74) is -0.328. The fourth-order valence-corrected chi connectivity index (χ4v) is 1.80. The van der Waals surface area contributed by atoms with Gasteiger partial charge in [0, 0.05) is 12.6 Å². The fourth-order valence-electron chi connectivity index (χ4n) is 1.80. The Morgan fingerprint density at radius 3 is 2.53 bits per heavy atom. The zero-order valence-corrected chi connectivity index (χ0v) is 10.0. The molecular formula is C12H11F3N2O2. The van der Waals surface area contributed by atoms with E-state index in [1.54, 1.807) is 0 Å². The molecule has 1 aromatic rings. The molecule has 0 aromatic heterocycles. The van der Waals surface area contributed by atoms with E-state index in [1.807, 2.05) is 0 Å². The van der Waals surface area contributed by atoms with Gasteiger partial charge in [-0.25, -0.2) is 4.79 Å². The Morgan fingerprint density at radius 2 is 2.00 bits per heavy atom. The van der Waals surface area contributed by atoms with Crippen LogP contribution in [0.25, 0.3) is 0 Å². The van der Waals surface area contributed by atoms with Gasteiger partial charge < -0.3 is 4.74 Å². The molecule has 102 valence electrons. The molecule has 1 unspecified atom stereocenters. The van der Waals surface area contributed by atoms with Gasteiger partial charge in [-0.2, -0.15) is 18.3 Å². The lowest BCUT2D eigenvalue weighted by Gasteiger charge is -2.21. The number of rotatable bonds is 2. The maximum absolute atomic E-state index is 12.4. The first-order valence-corrected chi connectivity index (χ1v) is 5.50. The smallest absolute Gasteiger partial charge is 0.416 e. The lowest BCUT2D eigenvalue weighted by molar-refractivity contribution is -0.142. The van der Waals surface area contributed by atoms with Crippen LogP contribution in [0.1, 0.15) is 12.0 Å². The van der Waals surface area contributed by atoms with Gasteiger partial charge in [-0.3, -0.25) is 5.01 Å². The van der Waals surface area contributed by atoms with Gasteiger partial charge in [0.1, 0.15) is 0 Å². The summed E-state index contributed by atoms with van der Waals surface area (Å²) in [7, 11) is 1.26. The summed E-state index contributed by atoms with van der Waals surface area (Å²) in [5.74, 6) is -0.475. The summed E-state index contributed by atoms with van der Waals surface area (Å²) in [6, 6.07) is 3.85. The third-order valence-electron chi connectivity index (χ3n) is 2.76. The summed E-state index contributed by atoms with van der Waals surface area (Å²) in [6.07, 6.45) is -2.48. The first-order chi connectivity index (χ1) is 8.93. The Labute approximate surface area is 107 Å². The maximum atomic E-state index is 12.4. The molecule has 0 saturated carbocycles. The van der Waals surface area contributed by atoms with Gasteiger partial charge in [-0.05, 0) is 24.3 Å². The van der Waals surface area contributed by atoms with Gasteiger partial charge in [0.05, 0.1) is 18.4 Å². The van der Waals surface area contributed by atoms with Crippen molar-refractivity contribution in [3.63, 3.8) is 0 Å². The standard InChI is InChI=1S/C12H11F3N2O2/c1-19-11(18)10-6-7-16-17(10)9-4-2-8(3-5-9)12(13,14)15/h2-5,7,10H,6H2,1H3. The molecular weight excluding hydrogens is 261 g/mol. The second-order valence-electron chi connectivity index (χ2n) is 3.96. The summed E-state index contributed by atoms with van der Waals surface area (Å²) < 4.78 is 41.9. The Hall–Kier alpha value is -2.05. The van der Waals surface area contributed by atoms with E-state index in [0.29, 0.717) is 12.1 Å². The normalized spacial score (nSPS) is 18.7. The highest BCUT2D eigenvalue weighted by molar-refractivity contribution is 5.86. The van der Waals surface area contributed by atoms with Crippen LogP contribution < -0.4 is 5.01 Å². The third-order valence-corrected chi connectivity index (χ3v) is 2.76. The van der Waals surface area contributed by atoms with Crippen LogP contribution in [-0.2, 0) is 15.7 Å². The van der Waals surface area contributed by atoms with Crippen molar-refractivity contribution in [3.05, 3.63) is 29.8 Å². The quantitative estimate of drug-likeness (QED) is 0.776. The molecule has 0 aliphatic carbocycles. The number of hydrogen-bond donors (Lipinski definition) is 0. The number of methoxy groups -OCH3 is 1. The number of carbonyl (C=O) groups is 1. The van der Waals surface area contributed by atoms with Gasteiger partial charge in [0.15, 0.2) is 6.04 Å². The molecule has 1 heterocycles. The summed E-state index contributed by atoms with van der Waals surface area (Å²) in [5, 5.41) is 5.33. The zero-order valence-electron chi connectivity index (χ0n) is 10.0. The molecule has 0 N–H and O–H groups in total. The topological polar surface area (TPSA) is 41.9 Å². The number of ether oxygens (including phenoxy) is 1. The van der Waals surface area contributed by atoms with E-state index < -0.39 is 23.8 Å². The SMILES string of the molecule is COC(=O)C1CC=NN1c1ccc(C(F)(F)F)cc1. The Morgan fingerprint density at radius 1 is 1.37 bits per heavy atom. The average molecular weight is 272 g/mol. The summed E-state index contributed by atoms with van der Waals surface area (Å²) in [4.78, 5) is 11.5. The van der Waals surface area contributed by atoms with Crippen molar-refractivity contribution in [2.75, 3.05) is 12.1 Å². The highest BCUT2D eigenvalue weighted by Gasteiger charge is 2.32. The van der Waals surface area contributed by atoms with Crippen molar-refractivity contribution in [3.8, 4) is 0 Å². The largest absolute Gasteiger partial charge is 0.467 e. The van der Waals surface area contributed by atoms with Crippen LogP contribution in [-0.4, -0.2) is 25.3 Å². The molecule has 19 heavy (non-hydrogen) atoms. The predicted octanol–water partition coefficient (Wildman–Crippen LogP) is 2.44. The molecule has 2 rings (SSSR count). The van der Waals surface area contributed by atoms with Crippen molar-refractivity contribution < 1.29 is 22.7 Å². The van der Waals surface area contributed by atoms with E-state index in [-0.39, 0.29) is 0 Å². The molecule has 0 saturated heterocycles. The van der Waals surface area contributed by atoms with Gasteiger partial charge >= 0.3 is 12.1 Å². The Balaban J connectivity index is 2.22. The van der Waals surface area contributed by atoms with E-state index >= 15 is 0 Å². The van der Waals surface area contributed by atoms with Crippen LogP contribution >= 0.6 is 0 Å².